The standard InChI is InChI=1S/C13H19N3O3/c1-4-9-5-12(15-8(2)14-9)16(3)11-7-19-6-10(11)13(17)18/h5,10-11H,4,6-7H2,1-3H3,(H,17,18). The van der Waals surface area contributed by atoms with Crippen LogP contribution in [0, 0.1) is 12.8 Å². The highest BCUT2D eigenvalue weighted by atomic mass is 16.5. The average molecular weight is 265 g/mol. The predicted octanol–water partition coefficient (Wildman–Crippen LogP) is 0.883. The van der Waals surface area contributed by atoms with Gasteiger partial charge < -0.3 is 14.7 Å². The van der Waals surface area contributed by atoms with Gasteiger partial charge in [-0.2, -0.15) is 0 Å². The van der Waals surface area contributed by atoms with E-state index in [0.29, 0.717) is 12.4 Å². The van der Waals surface area contributed by atoms with Gasteiger partial charge in [0.15, 0.2) is 0 Å². The summed E-state index contributed by atoms with van der Waals surface area (Å²) in [5, 5.41) is 9.20. The SMILES string of the molecule is CCc1cc(N(C)C2COCC2C(=O)O)nc(C)n1. The zero-order valence-corrected chi connectivity index (χ0v) is 11.5. The summed E-state index contributed by atoms with van der Waals surface area (Å²) < 4.78 is 5.29. The summed E-state index contributed by atoms with van der Waals surface area (Å²) in [6.45, 7) is 4.55. The van der Waals surface area contributed by atoms with Crippen LogP contribution in [0.3, 0.4) is 0 Å². The molecule has 1 aromatic heterocycles. The lowest BCUT2D eigenvalue weighted by Crippen LogP contribution is -2.41. The van der Waals surface area contributed by atoms with E-state index in [4.69, 9.17) is 4.74 Å². The maximum absolute atomic E-state index is 11.2. The summed E-state index contributed by atoms with van der Waals surface area (Å²) in [5.41, 5.74) is 0.958. The molecule has 0 aromatic carbocycles. The summed E-state index contributed by atoms with van der Waals surface area (Å²) in [7, 11) is 1.86. The van der Waals surface area contributed by atoms with Crippen LogP contribution in [0.2, 0.25) is 0 Å². The van der Waals surface area contributed by atoms with E-state index in [1.54, 1.807) is 0 Å². The first kappa shape index (κ1) is 13.7. The molecule has 0 amide bonds. The number of hydrogen-bond donors (Lipinski definition) is 1. The molecule has 0 spiro atoms. The smallest absolute Gasteiger partial charge is 0.311 e. The molecule has 0 radical (unpaired) electrons. The highest BCUT2D eigenvalue weighted by molar-refractivity contribution is 5.72. The highest BCUT2D eigenvalue weighted by Gasteiger charge is 2.37. The Morgan fingerprint density at radius 3 is 2.89 bits per heavy atom. The van der Waals surface area contributed by atoms with E-state index in [1.165, 1.54) is 0 Å². The van der Waals surface area contributed by atoms with Crippen molar-refractivity contribution in [3.05, 3.63) is 17.6 Å². The Morgan fingerprint density at radius 1 is 1.53 bits per heavy atom. The average Bonchev–Trinajstić information content (AvgIpc) is 2.86. The van der Waals surface area contributed by atoms with Gasteiger partial charge in [-0.3, -0.25) is 4.79 Å². The predicted molar refractivity (Wildman–Crippen MR) is 70.3 cm³/mol. The molecule has 1 aromatic rings. The van der Waals surface area contributed by atoms with Gasteiger partial charge in [0.25, 0.3) is 0 Å². The highest BCUT2D eigenvalue weighted by Crippen LogP contribution is 2.23. The first-order chi connectivity index (χ1) is 9.02. The molecule has 0 bridgehead atoms. The van der Waals surface area contributed by atoms with Gasteiger partial charge in [-0.1, -0.05) is 6.92 Å². The van der Waals surface area contributed by atoms with Crippen molar-refractivity contribution in [3.63, 3.8) is 0 Å². The van der Waals surface area contributed by atoms with Crippen molar-refractivity contribution in [1.82, 2.24) is 9.97 Å². The normalized spacial score (nSPS) is 22.5. The molecule has 1 N–H and O–H groups in total. The van der Waals surface area contributed by atoms with Crippen molar-refractivity contribution < 1.29 is 14.6 Å². The lowest BCUT2D eigenvalue weighted by Gasteiger charge is -2.27. The monoisotopic (exact) mass is 265 g/mol. The van der Waals surface area contributed by atoms with Gasteiger partial charge in [0.2, 0.25) is 0 Å². The van der Waals surface area contributed by atoms with Gasteiger partial charge in [0.1, 0.15) is 17.6 Å². The summed E-state index contributed by atoms with van der Waals surface area (Å²) in [6, 6.07) is 1.72. The number of aliphatic carboxylic acids is 1. The van der Waals surface area contributed by atoms with Crippen LogP contribution >= 0.6 is 0 Å². The number of rotatable bonds is 4. The maximum atomic E-state index is 11.2. The molecule has 1 aliphatic rings. The van der Waals surface area contributed by atoms with Crippen molar-refractivity contribution in [2.75, 3.05) is 25.2 Å². The molecule has 1 saturated heterocycles. The van der Waals surface area contributed by atoms with Crippen LogP contribution in [0.1, 0.15) is 18.4 Å². The number of ether oxygens (including phenoxy) is 1. The number of hydrogen-bond acceptors (Lipinski definition) is 5. The maximum Gasteiger partial charge on any atom is 0.311 e. The Hall–Kier alpha value is -1.69. The number of aromatic nitrogens is 2. The summed E-state index contributed by atoms with van der Waals surface area (Å²) in [4.78, 5) is 21.8. The first-order valence-corrected chi connectivity index (χ1v) is 6.41. The van der Waals surface area contributed by atoms with Gasteiger partial charge in [-0.25, -0.2) is 9.97 Å². The van der Waals surface area contributed by atoms with Gasteiger partial charge in [0, 0.05) is 18.8 Å². The van der Waals surface area contributed by atoms with E-state index in [-0.39, 0.29) is 12.6 Å². The van der Waals surface area contributed by atoms with Crippen LogP contribution in [-0.2, 0) is 16.0 Å². The van der Waals surface area contributed by atoms with Crippen LogP contribution in [0.15, 0.2) is 6.07 Å². The van der Waals surface area contributed by atoms with E-state index in [0.717, 1.165) is 17.9 Å². The molecule has 104 valence electrons. The van der Waals surface area contributed by atoms with Crippen molar-refractivity contribution in [3.8, 4) is 0 Å². The Morgan fingerprint density at radius 2 is 2.26 bits per heavy atom. The molecular weight excluding hydrogens is 246 g/mol. The fourth-order valence-corrected chi connectivity index (χ4v) is 2.30. The molecule has 19 heavy (non-hydrogen) atoms. The molecule has 2 rings (SSSR count). The number of carboxylic acid groups (broad SMARTS) is 1. The zero-order chi connectivity index (χ0) is 14.0. The molecule has 1 fully saturated rings. The third kappa shape index (κ3) is 2.84. The van der Waals surface area contributed by atoms with Gasteiger partial charge in [-0.15, -0.1) is 0 Å². The second-order valence-electron chi connectivity index (χ2n) is 4.78. The van der Waals surface area contributed by atoms with Crippen molar-refractivity contribution >= 4 is 11.8 Å². The van der Waals surface area contributed by atoms with Gasteiger partial charge in [-0.05, 0) is 13.3 Å². The Labute approximate surface area is 112 Å². The minimum atomic E-state index is -0.823. The molecule has 6 nitrogen and oxygen atoms in total. The second-order valence-corrected chi connectivity index (χ2v) is 4.78. The minimum Gasteiger partial charge on any atom is -0.481 e. The van der Waals surface area contributed by atoms with Crippen LogP contribution in [0.25, 0.3) is 0 Å². The van der Waals surface area contributed by atoms with E-state index in [2.05, 4.69) is 9.97 Å². The fourth-order valence-electron chi connectivity index (χ4n) is 2.30. The molecule has 2 heterocycles. The second kappa shape index (κ2) is 5.52. The van der Waals surface area contributed by atoms with Crippen LogP contribution < -0.4 is 4.90 Å². The van der Waals surface area contributed by atoms with E-state index in [1.807, 2.05) is 31.9 Å². The minimum absolute atomic E-state index is 0.184. The summed E-state index contributed by atoms with van der Waals surface area (Å²) >= 11 is 0. The Balaban J connectivity index is 2.25. The quantitative estimate of drug-likeness (QED) is 0.871. The van der Waals surface area contributed by atoms with E-state index >= 15 is 0 Å². The van der Waals surface area contributed by atoms with Crippen molar-refractivity contribution in [1.29, 1.82) is 0 Å². The summed E-state index contributed by atoms with van der Waals surface area (Å²) in [5.74, 6) is 0.124. The number of carbonyl (C=O) groups is 1. The van der Waals surface area contributed by atoms with Crippen molar-refractivity contribution in [2.24, 2.45) is 5.92 Å². The number of anilines is 1. The van der Waals surface area contributed by atoms with E-state index in [9.17, 15) is 9.90 Å². The van der Waals surface area contributed by atoms with Gasteiger partial charge in [0.05, 0.1) is 19.3 Å². The van der Waals surface area contributed by atoms with Gasteiger partial charge >= 0.3 is 5.97 Å². The fraction of sp³-hybridized carbons (Fsp3) is 0.615. The third-order valence-corrected chi connectivity index (χ3v) is 3.47. The Bertz CT molecular complexity index is 478. The van der Waals surface area contributed by atoms with Crippen LogP contribution in [-0.4, -0.2) is 47.3 Å². The molecule has 2 atom stereocenters. The number of aryl methyl sites for hydroxylation is 2. The largest absolute Gasteiger partial charge is 0.481 e. The van der Waals surface area contributed by atoms with Crippen LogP contribution in [0.4, 0.5) is 5.82 Å². The topological polar surface area (TPSA) is 75.5 Å². The first-order valence-electron chi connectivity index (χ1n) is 6.41. The zero-order valence-electron chi connectivity index (χ0n) is 11.5. The molecule has 6 heteroatoms. The molecule has 1 aliphatic heterocycles. The lowest BCUT2D eigenvalue weighted by atomic mass is 10.0. The summed E-state index contributed by atoms with van der Waals surface area (Å²) in [6.07, 6.45) is 0.827. The number of nitrogens with zero attached hydrogens (tertiary/aromatic N) is 3. The number of likely N-dealkylation sites (N-methyl/N-ethyl adjacent to an activating group) is 1. The van der Waals surface area contributed by atoms with E-state index < -0.39 is 11.9 Å². The van der Waals surface area contributed by atoms with Crippen molar-refractivity contribution in [2.45, 2.75) is 26.3 Å². The molecule has 0 aliphatic carbocycles. The molecule has 0 saturated carbocycles. The Kier molecular flexibility index (Phi) is 3.99. The third-order valence-electron chi connectivity index (χ3n) is 3.47. The molecule has 2 unspecified atom stereocenters. The number of carboxylic acids is 1. The van der Waals surface area contributed by atoms with Crippen LogP contribution in [0.5, 0.6) is 0 Å². The molecular formula is C13H19N3O3. The lowest BCUT2D eigenvalue weighted by molar-refractivity contribution is -0.141.